The zero-order valence-electron chi connectivity index (χ0n) is 14.6. The van der Waals surface area contributed by atoms with Crippen molar-refractivity contribution in [1.82, 2.24) is 0 Å². The predicted molar refractivity (Wildman–Crippen MR) is 87.6 cm³/mol. The highest BCUT2D eigenvalue weighted by Gasteiger charge is 2.59. The van der Waals surface area contributed by atoms with Gasteiger partial charge < -0.3 is 5.11 Å². The molecule has 3 saturated carbocycles. The lowest BCUT2D eigenvalue weighted by Crippen LogP contribution is -2.52. The van der Waals surface area contributed by atoms with Crippen molar-refractivity contribution in [3.05, 3.63) is 11.6 Å². The fourth-order valence-electron chi connectivity index (χ4n) is 6.87. The fourth-order valence-corrected chi connectivity index (χ4v) is 6.87. The van der Waals surface area contributed by atoms with Crippen LogP contribution in [0.4, 0.5) is 8.78 Å². The van der Waals surface area contributed by atoms with Crippen LogP contribution in [0, 0.1) is 34.5 Å². The third kappa shape index (κ3) is 2.11. The van der Waals surface area contributed by atoms with Crippen LogP contribution in [0.5, 0.6) is 0 Å². The van der Waals surface area contributed by atoms with Gasteiger partial charge in [-0.3, -0.25) is 4.79 Å². The third-order valence-corrected chi connectivity index (χ3v) is 8.32. The van der Waals surface area contributed by atoms with Gasteiger partial charge in [-0.05, 0) is 79.6 Å². The van der Waals surface area contributed by atoms with E-state index in [2.05, 4.69) is 13.8 Å². The molecule has 0 aromatic rings. The number of carbonyl (C=O) groups is 1. The van der Waals surface area contributed by atoms with Gasteiger partial charge in [-0.1, -0.05) is 19.4 Å². The maximum Gasteiger partial charge on any atom is 0.248 e. The Morgan fingerprint density at radius 2 is 1.92 bits per heavy atom. The molecule has 1 unspecified atom stereocenters. The Kier molecular flexibility index (Phi) is 3.73. The molecule has 0 aliphatic heterocycles. The molecule has 134 valence electrons. The summed E-state index contributed by atoms with van der Waals surface area (Å²) in [5.74, 6) is -0.0927. The first-order valence-corrected chi connectivity index (χ1v) is 9.48. The van der Waals surface area contributed by atoms with Crippen molar-refractivity contribution in [3.63, 3.8) is 0 Å². The van der Waals surface area contributed by atoms with Crippen LogP contribution in [0.15, 0.2) is 11.6 Å². The number of ketones is 1. The molecule has 2 nitrogen and oxygen atoms in total. The van der Waals surface area contributed by atoms with E-state index in [4.69, 9.17) is 0 Å². The Bertz CT molecular complexity index is 586. The summed E-state index contributed by atoms with van der Waals surface area (Å²) < 4.78 is 26.7. The van der Waals surface area contributed by atoms with Crippen LogP contribution in [-0.4, -0.2) is 23.4 Å². The van der Waals surface area contributed by atoms with Gasteiger partial charge in [0.15, 0.2) is 5.78 Å². The first-order valence-electron chi connectivity index (χ1n) is 9.48. The average Bonchev–Trinajstić information content (AvgIpc) is 2.83. The number of aliphatic hydroxyl groups excluding tert-OH is 1. The Labute approximate surface area is 142 Å². The Balaban J connectivity index is 1.68. The Hall–Kier alpha value is -0.770. The van der Waals surface area contributed by atoms with Gasteiger partial charge in [0.05, 0.1) is 12.0 Å². The van der Waals surface area contributed by atoms with Gasteiger partial charge in [-0.25, -0.2) is 8.78 Å². The Morgan fingerprint density at radius 3 is 2.62 bits per heavy atom. The zero-order chi connectivity index (χ0) is 17.3. The quantitative estimate of drug-likeness (QED) is 0.771. The van der Waals surface area contributed by atoms with E-state index in [1.54, 1.807) is 6.08 Å². The number of allylic oxidation sites excluding steroid dienone is 1. The smallest absolute Gasteiger partial charge is 0.248 e. The van der Waals surface area contributed by atoms with E-state index in [0.29, 0.717) is 24.2 Å². The second kappa shape index (κ2) is 5.36. The SMILES string of the molecule is C[C@]12CC[C@H]3[C@@H](CCC4=CC(=O)C(C(F)F)C[C@@]43C)[C@@H]1CC[C@@H]2O. The molecule has 4 heteroatoms. The van der Waals surface area contributed by atoms with E-state index in [9.17, 15) is 18.7 Å². The van der Waals surface area contributed by atoms with Gasteiger partial charge in [0.25, 0.3) is 0 Å². The van der Waals surface area contributed by atoms with Gasteiger partial charge in [0.2, 0.25) is 6.43 Å². The lowest BCUT2D eigenvalue weighted by atomic mass is 9.46. The summed E-state index contributed by atoms with van der Waals surface area (Å²) in [7, 11) is 0. The summed E-state index contributed by atoms with van der Waals surface area (Å²) in [5, 5.41) is 10.5. The molecule has 7 atom stereocenters. The van der Waals surface area contributed by atoms with Gasteiger partial charge in [0.1, 0.15) is 0 Å². The first-order chi connectivity index (χ1) is 11.3. The summed E-state index contributed by atoms with van der Waals surface area (Å²) in [5.41, 5.74) is 0.866. The standard InChI is InChI=1S/C20H28F2O2/c1-19-8-7-15-12(14(19)5-6-17(19)24)4-3-11-9-16(23)13(18(21)22)10-20(11,15)2/h9,12-15,17-18,24H,3-8,10H2,1-2H3/t12-,13?,14-,15-,17-,19-,20-/m0/s1. The zero-order valence-corrected chi connectivity index (χ0v) is 14.6. The lowest BCUT2D eigenvalue weighted by molar-refractivity contribution is -0.129. The van der Waals surface area contributed by atoms with Crippen LogP contribution in [0.25, 0.3) is 0 Å². The van der Waals surface area contributed by atoms with E-state index in [1.165, 1.54) is 0 Å². The highest BCUT2D eigenvalue weighted by atomic mass is 19.3. The van der Waals surface area contributed by atoms with Gasteiger partial charge in [-0.15, -0.1) is 0 Å². The molecule has 0 saturated heterocycles. The summed E-state index contributed by atoms with van der Waals surface area (Å²) >= 11 is 0. The third-order valence-electron chi connectivity index (χ3n) is 8.32. The van der Waals surface area contributed by atoms with Crippen molar-refractivity contribution < 1.29 is 18.7 Å². The van der Waals surface area contributed by atoms with Gasteiger partial charge >= 0.3 is 0 Å². The normalized spacial score (nSPS) is 51.0. The second-order valence-electron chi connectivity index (χ2n) is 9.19. The van der Waals surface area contributed by atoms with E-state index >= 15 is 0 Å². The topological polar surface area (TPSA) is 37.3 Å². The average molecular weight is 338 g/mol. The van der Waals surface area contributed by atoms with Crippen molar-refractivity contribution in [3.8, 4) is 0 Å². The van der Waals surface area contributed by atoms with Crippen molar-refractivity contribution in [2.45, 2.75) is 71.3 Å². The minimum atomic E-state index is -2.56. The predicted octanol–water partition coefficient (Wildman–Crippen LogP) is 4.37. The van der Waals surface area contributed by atoms with Crippen LogP contribution in [-0.2, 0) is 4.79 Å². The largest absolute Gasteiger partial charge is 0.393 e. The molecule has 0 aromatic heterocycles. The Morgan fingerprint density at radius 1 is 1.17 bits per heavy atom. The van der Waals surface area contributed by atoms with Gasteiger partial charge in [-0.2, -0.15) is 0 Å². The fraction of sp³-hybridized carbons (Fsp3) is 0.850. The molecule has 0 heterocycles. The molecule has 1 N–H and O–H groups in total. The molecule has 0 aromatic carbocycles. The number of fused-ring (bicyclic) bond motifs is 5. The molecular weight excluding hydrogens is 310 g/mol. The number of hydrogen-bond acceptors (Lipinski definition) is 2. The molecule has 4 rings (SSSR count). The number of alkyl halides is 2. The maximum absolute atomic E-state index is 13.4. The summed E-state index contributed by atoms with van der Waals surface area (Å²) in [6.07, 6.45) is 4.92. The second-order valence-corrected chi connectivity index (χ2v) is 9.19. The van der Waals surface area contributed by atoms with Crippen molar-refractivity contribution >= 4 is 5.78 Å². The molecule has 0 amide bonds. The minimum Gasteiger partial charge on any atom is -0.393 e. The molecule has 4 aliphatic carbocycles. The van der Waals surface area contributed by atoms with Crippen LogP contribution >= 0.6 is 0 Å². The first kappa shape index (κ1) is 16.7. The highest BCUT2D eigenvalue weighted by Crippen LogP contribution is 2.65. The van der Waals surface area contributed by atoms with Crippen LogP contribution in [0.3, 0.4) is 0 Å². The summed E-state index contributed by atoms with van der Waals surface area (Å²) in [4.78, 5) is 12.1. The summed E-state index contributed by atoms with van der Waals surface area (Å²) in [6.45, 7) is 4.36. The van der Waals surface area contributed by atoms with Crippen molar-refractivity contribution in [1.29, 1.82) is 0 Å². The number of halogens is 2. The molecular formula is C20H28F2O2. The van der Waals surface area contributed by atoms with Crippen molar-refractivity contribution in [2.24, 2.45) is 34.5 Å². The number of carbonyl (C=O) groups excluding carboxylic acids is 1. The monoisotopic (exact) mass is 338 g/mol. The lowest BCUT2D eigenvalue weighted by Gasteiger charge is -2.58. The van der Waals surface area contributed by atoms with Gasteiger partial charge in [0, 0.05) is 0 Å². The molecule has 0 bridgehead atoms. The van der Waals surface area contributed by atoms with E-state index in [0.717, 1.165) is 44.1 Å². The highest BCUT2D eigenvalue weighted by molar-refractivity contribution is 5.94. The van der Waals surface area contributed by atoms with E-state index < -0.39 is 12.3 Å². The van der Waals surface area contributed by atoms with Crippen LogP contribution in [0.1, 0.15) is 58.8 Å². The van der Waals surface area contributed by atoms with E-state index in [1.807, 2.05) is 0 Å². The van der Waals surface area contributed by atoms with Crippen molar-refractivity contribution in [2.75, 3.05) is 0 Å². The van der Waals surface area contributed by atoms with E-state index in [-0.39, 0.29) is 22.7 Å². The molecule has 0 radical (unpaired) electrons. The minimum absolute atomic E-state index is 0.00530. The maximum atomic E-state index is 13.4. The molecule has 3 fully saturated rings. The molecule has 24 heavy (non-hydrogen) atoms. The van der Waals surface area contributed by atoms with Crippen LogP contribution in [0.2, 0.25) is 0 Å². The molecule has 4 aliphatic rings. The summed E-state index contributed by atoms with van der Waals surface area (Å²) in [6, 6.07) is 0. The number of aliphatic hydroxyl groups is 1. The number of hydrogen-bond donors (Lipinski definition) is 1. The van der Waals surface area contributed by atoms with Crippen LogP contribution < -0.4 is 0 Å². The number of rotatable bonds is 1. The molecule has 0 spiro atoms.